The van der Waals surface area contributed by atoms with Crippen LogP contribution in [0.1, 0.15) is 56.1 Å². The molecule has 0 fully saturated rings. The lowest BCUT2D eigenvalue weighted by molar-refractivity contribution is -0.138. The summed E-state index contributed by atoms with van der Waals surface area (Å²) in [5, 5.41) is 0.827. The van der Waals surface area contributed by atoms with Crippen molar-refractivity contribution >= 4 is 35.1 Å². The fourth-order valence-corrected chi connectivity index (χ4v) is 6.37. The Kier molecular flexibility index (Phi) is 19.7. The van der Waals surface area contributed by atoms with Crippen molar-refractivity contribution in [1.82, 2.24) is 4.90 Å². The molecule has 0 bridgehead atoms. The van der Waals surface area contributed by atoms with Gasteiger partial charge in [-0.25, -0.2) is 14.4 Å². The van der Waals surface area contributed by atoms with Crippen LogP contribution in [0.4, 0.5) is 0 Å². The summed E-state index contributed by atoms with van der Waals surface area (Å²) in [6.45, 7) is 3.49. The average Bonchev–Trinajstić information content (AvgIpc) is 3.27. The van der Waals surface area contributed by atoms with Gasteiger partial charge in [0, 0.05) is 42.8 Å². The fraction of sp³-hybridized carbons (Fsp3) is 0.413. The van der Waals surface area contributed by atoms with E-state index in [-0.39, 0.29) is 6.61 Å². The maximum absolute atomic E-state index is 12.6. The Morgan fingerprint density at radius 1 is 0.550 bits per heavy atom. The Hall–Kier alpha value is -6.15. The third kappa shape index (κ3) is 14.9. The highest BCUT2D eigenvalue weighted by molar-refractivity contribution is 5.88. The maximum atomic E-state index is 12.6. The van der Waals surface area contributed by atoms with E-state index in [4.69, 9.17) is 47.0 Å². The van der Waals surface area contributed by atoms with Gasteiger partial charge in [-0.3, -0.25) is 0 Å². The summed E-state index contributed by atoms with van der Waals surface area (Å²) >= 11 is 0. The van der Waals surface area contributed by atoms with Crippen LogP contribution in [-0.2, 0) is 19.1 Å². The number of unbranched alkanes of at least 4 members (excludes halogenated alkanes) is 4. The SMILES string of the molecule is COc1cc(/C=C/C(=O)OCCCCCCCN(CCCOC(=O)/C=C/c2cc(OC)c(OC)c(OC)c2)CCCOc2ccc3ccc(=O)oc3c2)cc(OC)c1OC. The quantitative estimate of drug-likeness (QED) is 0.0249. The predicted octanol–water partition coefficient (Wildman–Crippen LogP) is 7.77. The number of methoxy groups -OCH3 is 6. The third-order valence-electron chi connectivity index (χ3n) is 9.41. The van der Waals surface area contributed by atoms with Gasteiger partial charge in [0.2, 0.25) is 11.5 Å². The molecule has 0 saturated carbocycles. The number of nitrogens with zero attached hydrogens (tertiary/aromatic N) is 1. The van der Waals surface area contributed by atoms with Gasteiger partial charge in [0.15, 0.2) is 23.0 Å². The minimum absolute atomic E-state index is 0.268. The van der Waals surface area contributed by atoms with E-state index < -0.39 is 17.6 Å². The standard InChI is InChI=1S/C46H57NO13/c1-51-38-28-33(29-39(52-2)45(38)55-5)14-19-42(48)58-25-11-9-7-8-10-22-47(23-12-26-57-36-18-16-35-17-21-44(50)60-37(35)32-36)24-13-27-59-43(49)20-15-34-30-40(53-3)46(56-6)41(31-34)54-4/h14-21,28-32H,7-13,22-27H2,1-6H3/b19-14+,20-15+. The zero-order chi connectivity index (χ0) is 43.1. The van der Waals surface area contributed by atoms with Gasteiger partial charge in [-0.1, -0.05) is 19.3 Å². The topological polar surface area (TPSA) is 151 Å². The monoisotopic (exact) mass is 831 g/mol. The number of carbonyl (C=O) groups excluding carboxylic acids is 2. The summed E-state index contributed by atoms with van der Waals surface area (Å²) in [6.07, 6.45) is 12.2. The van der Waals surface area contributed by atoms with Crippen molar-refractivity contribution in [2.75, 3.05) is 82.1 Å². The molecule has 14 nitrogen and oxygen atoms in total. The van der Waals surface area contributed by atoms with E-state index in [1.807, 2.05) is 12.1 Å². The molecule has 3 aromatic carbocycles. The van der Waals surface area contributed by atoms with Crippen LogP contribution in [0.25, 0.3) is 23.1 Å². The molecule has 4 rings (SSSR count). The zero-order valence-corrected chi connectivity index (χ0v) is 35.5. The summed E-state index contributed by atoms with van der Waals surface area (Å²) in [5.74, 6) is 2.68. The smallest absolute Gasteiger partial charge is 0.336 e. The number of esters is 2. The molecule has 4 aromatic rings. The molecule has 0 N–H and O–H groups in total. The molecular formula is C46H57NO13. The highest BCUT2D eigenvalue weighted by Gasteiger charge is 2.14. The normalized spacial score (nSPS) is 11.2. The molecule has 1 aromatic heterocycles. The number of benzene rings is 3. The fourth-order valence-electron chi connectivity index (χ4n) is 6.37. The van der Waals surface area contributed by atoms with Crippen LogP contribution < -0.4 is 38.8 Å². The maximum Gasteiger partial charge on any atom is 0.336 e. The van der Waals surface area contributed by atoms with E-state index in [1.54, 1.807) is 48.6 Å². The second kappa shape index (κ2) is 25.4. The summed E-state index contributed by atoms with van der Waals surface area (Å²) in [7, 11) is 9.21. The molecule has 0 aliphatic heterocycles. The first-order valence-electron chi connectivity index (χ1n) is 19.9. The molecule has 1 heterocycles. The van der Waals surface area contributed by atoms with Crippen LogP contribution in [0.3, 0.4) is 0 Å². The van der Waals surface area contributed by atoms with E-state index in [2.05, 4.69) is 4.90 Å². The number of ether oxygens (including phenoxy) is 9. The van der Waals surface area contributed by atoms with Crippen molar-refractivity contribution in [3.05, 3.63) is 88.3 Å². The number of carbonyl (C=O) groups is 2. The van der Waals surface area contributed by atoms with E-state index >= 15 is 0 Å². The van der Waals surface area contributed by atoms with Gasteiger partial charge in [-0.05, 0) is 98.0 Å². The first-order valence-corrected chi connectivity index (χ1v) is 19.9. The van der Waals surface area contributed by atoms with Crippen molar-refractivity contribution in [3.63, 3.8) is 0 Å². The first kappa shape index (κ1) is 46.5. The van der Waals surface area contributed by atoms with Crippen LogP contribution >= 0.6 is 0 Å². The van der Waals surface area contributed by atoms with Crippen LogP contribution in [-0.4, -0.2) is 99.0 Å². The van der Waals surface area contributed by atoms with Crippen LogP contribution in [0.2, 0.25) is 0 Å². The lowest BCUT2D eigenvalue weighted by atomic mass is 10.1. The molecule has 0 unspecified atom stereocenters. The van der Waals surface area contributed by atoms with E-state index in [0.717, 1.165) is 63.5 Å². The molecule has 0 atom stereocenters. The molecule has 0 aliphatic rings. The Morgan fingerprint density at radius 2 is 1.02 bits per heavy atom. The third-order valence-corrected chi connectivity index (χ3v) is 9.41. The molecule has 0 saturated heterocycles. The second-order valence-corrected chi connectivity index (χ2v) is 13.5. The van der Waals surface area contributed by atoms with Gasteiger partial charge in [-0.15, -0.1) is 0 Å². The Morgan fingerprint density at radius 3 is 1.55 bits per heavy atom. The summed E-state index contributed by atoms with van der Waals surface area (Å²) < 4.78 is 54.5. The molecular weight excluding hydrogens is 774 g/mol. The highest BCUT2D eigenvalue weighted by atomic mass is 16.5. The summed E-state index contributed by atoms with van der Waals surface area (Å²) in [4.78, 5) is 38.9. The molecule has 14 heteroatoms. The minimum atomic E-state index is -0.449. The molecule has 0 radical (unpaired) electrons. The van der Waals surface area contributed by atoms with Gasteiger partial charge in [0.25, 0.3) is 0 Å². The van der Waals surface area contributed by atoms with Crippen molar-refractivity contribution in [1.29, 1.82) is 0 Å². The second-order valence-electron chi connectivity index (χ2n) is 13.5. The van der Waals surface area contributed by atoms with E-state index in [0.29, 0.717) is 76.6 Å². The van der Waals surface area contributed by atoms with Crippen LogP contribution in [0.5, 0.6) is 40.2 Å². The minimum Gasteiger partial charge on any atom is -0.493 e. The predicted molar refractivity (Wildman–Crippen MR) is 229 cm³/mol. The Labute approximate surface area is 351 Å². The number of hydrogen-bond donors (Lipinski definition) is 0. The van der Waals surface area contributed by atoms with Crippen molar-refractivity contribution in [3.8, 4) is 40.2 Å². The molecule has 60 heavy (non-hydrogen) atoms. The number of fused-ring (bicyclic) bond motifs is 1. The van der Waals surface area contributed by atoms with Crippen molar-refractivity contribution < 1.29 is 56.6 Å². The van der Waals surface area contributed by atoms with Gasteiger partial charge >= 0.3 is 17.6 Å². The number of hydrogen-bond acceptors (Lipinski definition) is 14. The van der Waals surface area contributed by atoms with Gasteiger partial charge in [0.05, 0.1) is 62.5 Å². The van der Waals surface area contributed by atoms with Crippen molar-refractivity contribution in [2.45, 2.75) is 44.9 Å². The van der Waals surface area contributed by atoms with Crippen molar-refractivity contribution in [2.24, 2.45) is 0 Å². The zero-order valence-electron chi connectivity index (χ0n) is 35.5. The van der Waals surface area contributed by atoms with Crippen LogP contribution in [0.15, 0.2) is 76.0 Å². The van der Waals surface area contributed by atoms with E-state index in [1.165, 1.54) is 60.9 Å². The Balaban J connectivity index is 1.20. The highest BCUT2D eigenvalue weighted by Crippen LogP contribution is 2.39. The lowest BCUT2D eigenvalue weighted by Crippen LogP contribution is -2.29. The van der Waals surface area contributed by atoms with E-state index in [9.17, 15) is 14.4 Å². The van der Waals surface area contributed by atoms with Gasteiger partial charge in [-0.2, -0.15) is 0 Å². The first-order chi connectivity index (χ1) is 29.2. The van der Waals surface area contributed by atoms with Crippen LogP contribution in [0, 0.1) is 0 Å². The molecule has 0 amide bonds. The summed E-state index contributed by atoms with van der Waals surface area (Å²) in [6, 6.07) is 15.6. The molecule has 0 spiro atoms. The van der Waals surface area contributed by atoms with Gasteiger partial charge < -0.3 is 51.9 Å². The average molecular weight is 832 g/mol. The molecule has 0 aliphatic carbocycles. The summed E-state index contributed by atoms with van der Waals surface area (Å²) in [5.41, 5.74) is 1.49. The Bertz CT molecular complexity index is 2040. The number of rotatable bonds is 27. The van der Waals surface area contributed by atoms with Gasteiger partial charge in [0.1, 0.15) is 11.3 Å². The molecule has 324 valence electrons. The lowest BCUT2D eigenvalue weighted by Gasteiger charge is -2.22. The largest absolute Gasteiger partial charge is 0.493 e.